The minimum atomic E-state index is 0.577. The predicted molar refractivity (Wildman–Crippen MR) is 125 cm³/mol. The van der Waals surface area contributed by atoms with Gasteiger partial charge < -0.3 is 10.1 Å². The molecule has 0 spiro atoms. The van der Waals surface area contributed by atoms with Crippen LogP contribution in [0.1, 0.15) is 85.5 Å². The molecule has 0 aliphatic heterocycles. The van der Waals surface area contributed by atoms with Crippen LogP contribution >= 0.6 is 0 Å². The molecule has 2 heteroatoms. The summed E-state index contributed by atoms with van der Waals surface area (Å²) in [5, 5.41) is 3.55. The first-order valence-electron chi connectivity index (χ1n) is 12.3. The van der Waals surface area contributed by atoms with Gasteiger partial charge in [0.25, 0.3) is 0 Å². The molecule has 4 rings (SSSR count). The summed E-state index contributed by atoms with van der Waals surface area (Å²) in [5.41, 5.74) is 4.44. The lowest BCUT2D eigenvalue weighted by Crippen LogP contribution is -2.49. The Balaban J connectivity index is 1.23. The Morgan fingerprint density at radius 1 is 0.793 bits per heavy atom. The Bertz CT molecular complexity index is 568. The summed E-state index contributed by atoms with van der Waals surface area (Å²) in [4.78, 5) is 0. The molecule has 4 saturated carbocycles. The van der Waals surface area contributed by atoms with Crippen molar-refractivity contribution in [3.8, 4) is 0 Å². The van der Waals surface area contributed by atoms with Crippen molar-refractivity contribution in [1.29, 1.82) is 0 Å². The zero-order chi connectivity index (χ0) is 20.6. The molecule has 0 saturated heterocycles. The van der Waals surface area contributed by atoms with Crippen LogP contribution in [0.25, 0.3) is 0 Å². The van der Waals surface area contributed by atoms with Crippen LogP contribution in [-0.2, 0) is 4.74 Å². The molecular weight excluding hydrogens is 354 g/mol. The number of nitrogens with one attached hydrogen (secondary N) is 1. The van der Waals surface area contributed by atoms with Gasteiger partial charge in [0.1, 0.15) is 0 Å². The molecule has 4 bridgehead atoms. The fourth-order valence-corrected chi connectivity index (χ4v) is 6.10. The van der Waals surface area contributed by atoms with Crippen LogP contribution in [0.3, 0.4) is 0 Å². The Hall–Kier alpha value is -0.860. The van der Waals surface area contributed by atoms with E-state index in [4.69, 9.17) is 4.74 Å². The molecule has 0 atom stereocenters. The van der Waals surface area contributed by atoms with Crippen molar-refractivity contribution in [2.75, 3.05) is 19.7 Å². The minimum Gasteiger partial charge on any atom is -0.376 e. The number of ether oxygens (including phenoxy) is 1. The van der Waals surface area contributed by atoms with E-state index in [0.717, 1.165) is 43.4 Å². The Kier molecular flexibility index (Phi) is 9.06. The predicted octanol–water partition coefficient (Wildman–Crippen LogP) is 6.84. The maximum atomic E-state index is 6.37. The van der Waals surface area contributed by atoms with Crippen LogP contribution < -0.4 is 5.32 Å². The lowest BCUT2D eigenvalue weighted by Gasteiger charge is -2.54. The number of rotatable bonds is 12. The minimum absolute atomic E-state index is 0.577. The molecule has 0 aromatic heterocycles. The van der Waals surface area contributed by atoms with E-state index in [1.807, 2.05) is 0 Å². The van der Waals surface area contributed by atoms with E-state index in [2.05, 4.69) is 51.2 Å². The first-order chi connectivity index (χ1) is 14.0. The van der Waals surface area contributed by atoms with Crippen LogP contribution in [0.4, 0.5) is 0 Å². The summed E-state index contributed by atoms with van der Waals surface area (Å²) in [6.45, 7) is 11.7. The van der Waals surface area contributed by atoms with Gasteiger partial charge in [-0.1, -0.05) is 34.9 Å². The largest absolute Gasteiger partial charge is 0.376 e. The lowest BCUT2D eigenvalue weighted by atomic mass is 9.55. The van der Waals surface area contributed by atoms with Gasteiger partial charge in [0, 0.05) is 13.1 Å². The van der Waals surface area contributed by atoms with E-state index in [9.17, 15) is 0 Å². The zero-order valence-electron chi connectivity index (χ0n) is 19.5. The fraction of sp³-hybridized carbons (Fsp3) is 0.778. The molecule has 4 fully saturated rings. The van der Waals surface area contributed by atoms with Gasteiger partial charge in [-0.15, -0.1) is 0 Å². The summed E-state index contributed by atoms with van der Waals surface area (Å²) in [6, 6.07) is 0. The van der Waals surface area contributed by atoms with Crippen molar-refractivity contribution >= 4 is 0 Å². The second-order valence-corrected chi connectivity index (χ2v) is 10.4. The van der Waals surface area contributed by atoms with Gasteiger partial charge in [0.2, 0.25) is 0 Å². The molecule has 0 amide bonds. The molecule has 0 aromatic rings. The lowest BCUT2D eigenvalue weighted by molar-refractivity contribution is -0.125. The molecular formula is C27H45NO. The molecule has 0 unspecified atom stereocenters. The van der Waals surface area contributed by atoms with Crippen LogP contribution in [0, 0.1) is 23.7 Å². The smallest absolute Gasteiger partial charge is 0.0632 e. The second-order valence-electron chi connectivity index (χ2n) is 10.4. The molecule has 4 aliphatic rings. The molecule has 2 nitrogen and oxygen atoms in total. The van der Waals surface area contributed by atoms with Gasteiger partial charge in [0.15, 0.2) is 0 Å². The highest BCUT2D eigenvalue weighted by Gasteiger charge is 2.48. The van der Waals surface area contributed by atoms with E-state index in [-0.39, 0.29) is 0 Å². The van der Waals surface area contributed by atoms with Gasteiger partial charge in [-0.05, 0) is 109 Å². The maximum Gasteiger partial charge on any atom is 0.0632 e. The van der Waals surface area contributed by atoms with Gasteiger partial charge in [0.05, 0.1) is 12.7 Å². The molecule has 0 radical (unpaired) electrons. The average molecular weight is 400 g/mol. The Morgan fingerprint density at radius 2 is 1.38 bits per heavy atom. The second kappa shape index (κ2) is 11.5. The highest BCUT2D eigenvalue weighted by atomic mass is 16.5. The third-order valence-corrected chi connectivity index (χ3v) is 7.45. The highest BCUT2D eigenvalue weighted by molar-refractivity contribution is 5.06. The standard InChI is InChI=1S/C27H45NO/c1-20(2)7-5-8-21(3)9-6-10-22(4)11-12-28-13-14-29-27-25-16-23-15-24(18-25)19-26(27)17-23/h7,9,11,23-28H,5-6,8,10,12-19H2,1-4H3/b21-9+,22-11+. The third kappa shape index (κ3) is 7.40. The summed E-state index contributed by atoms with van der Waals surface area (Å²) in [5.74, 6) is 3.85. The summed E-state index contributed by atoms with van der Waals surface area (Å²) >= 11 is 0. The van der Waals surface area contributed by atoms with Crippen LogP contribution in [0.15, 0.2) is 34.9 Å². The van der Waals surface area contributed by atoms with Gasteiger partial charge >= 0.3 is 0 Å². The maximum absolute atomic E-state index is 6.37. The topological polar surface area (TPSA) is 21.3 Å². The van der Waals surface area contributed by atoms with Gasteiger partial charge in [-0.2, -0.15) is 0 Å². The summed E-state index contributed by atoms with van der Waals surface area (Å²) < 4.78 is 6.37. The van der Waals surface area contributed by atoms with Crippen molar-refractivity contribution in [2.45, 2.75) is 91.6 Å². The van der Waals surface area contributed by atoms with E-state index >= 15 is 0 Å². The fourth-order valence-electron chi connectivity index (χ4n) is 6.10. The molecule has 0 heterocycles. The van der Waals surface area contributed by atoms with E-state index in [1.165, 1.54) is 74.5 Å². The molecule has 4 aliphatic carbocycles. The first-order valence-corrected chi connectivity index (χ1v) is 12.3. The van der Waals surface area contributed by atoms with Crippen molar-refractivity contribution in [3.63, 3.8) is 0 Å². The highest BCUT2D eigenvalue weighted by Crippen LogP contribution is 2.54. The van der Waals surface area contributed by atoms with Crippen molar-refractivity contribution in [3.05, 3.63) is 34.9 Å². The Labute approximate surface area is 180 Å². The molecule has 164 valence electrons. The normalized spacial score (nSPS) is 31.4. The van der Waals surface area contributed by atoms with Gasteiger partial charge in [-0.25, -0.2) is 0 Å². The molecule has 29 heavy (non-hydrogen) atoms. The molecule has 1 N–H and O–H groups in total. The zero-order valence-corrected chi connectivity index (χ0v) is 19.5. The Morgan fingerprint density at radius 3 is 2.00 bits per heavy atom. The van der Waals surface area contributed by atoms with E-state index in [0.29, 0.717) is 6.10 Å². The first kappa shape index (κ1) is 22.8. The number of hydrogen-bond donors (Lipinski definition) is 1. The van der Waals surface area contributed by atoms with E-state index < -0.39 is 0 Å². The van der Waals surface area contributed by atoms with Crippen molar-refractivity contribution in [1.82, 2.24) is 5.32 Å². The van der Waals surface area contributed by atoms with E-state index in [1.54, 1.807) is 0 Å². The van der Waals surface area contributed by atoms with Crippen molar-refractivity contribution in [2.24, 2.45) is 23.7 Å². The van der Waals surface area contributed by atoms with Crippen LogP contribution in [-0.4, -0.2) is 25.8 Å². The average Bonchev–Trinajstić information content (AvgIpc) is 2.65. The monoisotopic (exact) mass is 399 g/mol. The number of allylic oxidation sites excluding steroid dienone is 5. The van der Waals surface area contributed by atoms with Crippen molar-refractivity contribution < 1.29 is 4.74 Å². The van der Waals surface area contributed by atoms with Crippen LogP contribution in [0.5, 0.6) is 0 Å². The third-order valence-electron chi connectivity index (χ3n) is 7.45. The summed E-state index contributed by atoms with van der Waals surface area (Å²) in [6.07, 6.45) is 19.7. The summed E-state index contributed by atoms with van der Waals surface area (Å²) in [7, 11) is 0. The molecule has 0 aromatic carbocycles. The quantitative estimate of drug-likeness (QED) is 0.287. The SMILES string of the molecule is CC(C)=CCC/C(C)=C/CC/C(C)=C/CNCCOC1C2CC3CC(C2)CC1C3. The van der Waals surface area contributed by atoms with Gasteiger partial charge in [-0.3, -0.25) is 0 Å². The van der Waals surface area contributed by atoms with Crippen LogP contribution in [0.2, 0.25) is 0 Å². The number of hydrogen-bond acceptors (Lipinski definition) is 2.